The molecule has 78 valence electrons. The van der Waals surface area contributed by atoms with Gasteiger partial charge in [0.2, 0.25) is 0 Å². The molecule has 0 unspecified atom stereocenters. The van der Waals surface area contributed by atoms with E-state index in [9.17, 15) is 4.79 Å². The second-order valence-electron chi connectivity index (χ2n) is 2.94. The number of pyridine rings is 1. The number of hydrogen-bond donors (Lipinski definition) is 0. The van der Waals surface area contributed by atoms with Crippen molar-refractivity contribution in [1.29, 1.82) is 0 Å². The zero-order chi connectivity index (χ0) is 11.3. The summed E-state index contributed by atoms with van der Waals surface area (Å²) in [6, 6.07) is 9.45. The van der Waals surface area contributed by atoms with Gasteiger partial charge < -0.3 is 0 Å². The first kappa shape index (κ1) is 11.4. The number of nitrogens with zero attached hydrogens (tertiary/aromatic N) is 1. The summed E-state index contributed by atoms with van der Waals surface area (Å²) in [5.74, 6) is 0.0595. The molecule has 0 saturated heterocycles. The first-order valence-corrected chi connectivity index (χ1v) is 5.14. The van der Waals surface area contributed by atoms with Gasteiger partial charge in [-0.25, -0.2) is 0 Å². The van der Waals surface area contributed by atoms with E-state index in [1.807, 2.05) is 38.1 Å². The predicted molar refractivity (Wildman–Crippen MR) is 63.1 cm³/mol. The van der Waals surface area contributed by atoms with E-state index < -0.39 is 0 Å². The number of carbonyl (C=O) groups is 1. The van der Waals surface area contributed by atoms with Gasteiger partial charge >= 0.3 is 0 Å². The van der Waals surface area contributed by atoms with Gasteiger partial charge in [-0.1, -0.05) is 32.0 Å². The molecule has 0 fully saturated rings. The second kappa shape index (κ2) is 5.25. The summed E-state index contributed by atoms with van der Waals surface area (Å²) in [4.78, 5) is 15.4. The Hall–Kier alpha value is -1.70. The smallest absolute Gasteiger partial charge is 0.161 e. The molecule has 0 amide bonds. The lowest BCUT2D eigenvalue weighted by Crippen LogP contribution is -1.94. The van der Waals surface area contributed by atoms with E-state index in [1.54, 1.807) is 19.2 Å². The number of aromatic nitrogens is 1. The molecule has 15 heavy (non-hydrogen) atoms. The van der Waals surface area contributed by atoms with Crippen molar-refractivity contribution in [2.45, 2.75) is 20.8 Å². The van der Waals surface area contributed by atoms with Crippen molar-refractivity contribution < 1.29 is 4.79 Å². The van der Waals surface area contributed by atoms with Gasteiger partial charge in [0.05, 0.1) is 5.52 Å². The quantitative estimate of drug-likeness (QED) is 0.661. The Balaban J connectivity index is 0.000000531. The topological polar surface area (TPSA) is 30.0 Å². The highest BCUT2D eigenvalue weighted by molar-refractivity contribution is 6.05. The zero-order valence-corrected chi connectivity index (χ0v) is 9.32. The Morgan fingerprint density at radius 2 is 1.80 bits per heavy atom. The molecule has 0 bridgehead atoms. The molecular weight excluding hydrogens is 186 g/mol. The maximum Gasteiger partial charge on any atom is 0.161 e. The highest BCUT2D eigenvalue weighted by Gasteiger charge is 2.04. The van der Waals surface area contributed by atoms with Gasteiger partial charge in [0.1, 0.15) is 0 Å². The number of ketones is 1. The lowest BCUT2D eigenvalue weighted by molar-refractivity contribution is 0.101. The van der Waals surface area contributed by atoms with E-state index in [0.717, 1.165) is 10.9 Å². The Bertz CT molecular complexity index is 458. The summed E-state index contributed by atoms with van der Waals surface area (Å²) in [6.07, 6.45) is 1.70. The van der Waals surface area contributed by atoms with Crippen LogP contribution in [0.15, 0.2) is 36.5 Å². The fourth-order valence-corrected chi connectivity index (χ4v) is 1.39. The molecule has 1 heterocycles. The molecule has 0 saturated carbocycles. The van der Waals surface area contributed by atoms with Crippen LogP contribution in [-0.2, 0) is 0 Å². The van der Waals surface area contributed by atoms with E-state index in [4.69, 9.17) is 0 Å². The van der Waals surface area contributed by atoms with Crippen molar-refractivity contribution in [2.24, 2.45) is 0 Å². The monoisotopic (exact) mass is 201 g/mol. The van der Waals surface area contributed by atoms with E-state index in [0.29, 0.717) is 5.56 Å². The Kier molecular flexibility index (Phi) is 3.98. The van der Waals surface area contributed by atoms with E-state index in [1.165, 1.54) is 0 Å². The lowest BCUT2D eigenvalue weighted by Gasteiger charge is -2.00. The van der Waals surface area contributed by atoms with Crippen LogP contribution in [0.5, 0.6) is 0 Å². The third-order valence-corrected chi connectivity index (χ3v) is 2.01. The van der Waals surface area contributed by atoms with Gasteiger partial charge in [-0.2, -0.15) is 0 Å². The minimum absolute atomic E-state index is 0.0595. The van der Waals surface area contributed by atoms with Crippen molar-refractivity contribution in [3.8, 4) is 0 Å². The molecule has 0 aliphatic rings. The van der Waals surface area contributed by atoms with Crippen molar-refractivity contribution in [2.75, 3.05) is 0 Å². The lowest BCUT2D eigenvalue weighted by atomic mass is 10.1. The summed E-state index contributed by atoms with van der Waals surface area (Å²) in [7, 11) is 0. The van der Waals surface area contributed by atoms with Crippen molar-refractivity contribution in [3.05, 3.63) is 42.1 Å². The molecule has 2 rings (SSSR count). The van der Waals surface area contributed by atoms with Gasteiger partial charge in [0.15, 0.2) is 5.78 Å². The Morgan fingerprint density at radius 1 is 1.13 bits per heavy atom. The summed E-state index contributed by atoms with van der Waals surface area (Å²) in [5.41, 5.74) is 1.48. The number of rotatable bonds is 1. The predicted octanol–water partition coefficient (Wildman–Crippen LogP) is 3.46. The minimum Gasteiger partial charge on any atom is -0.294 e. The molecule has 0 radical (unpaired) electrons. The van der Waals surface area contributed by atoms with Crippen molar-refractivity contribution in [1.82, 2.24) is 4.98 Å². The summed E-state index contributed by atoms with van der Waals surface area (Å²) in [5, 5.41) is 1.01. The van der Waals surface area contributed by atoms with Crippen LogP contribution in [0.4, 0.5) is 0 Å². The van der Waals surface area contributed by atoms with Crippen molar-refractivity contribution in [3.63, 3.8) is 0 Å². The Morgan fingerprint density at radius 3 is 2.47 bits per heavy atom. The largest absolute Gasteiger partial charge is 0.294 e. The van der Waals surface area contributed by atoms with E-state index in [-0.39, 0.29) is 5.78 Å². The summed E-state index contributed by atoms with van der Waals surface area (Å²) in [6.45, 7) is 5.56. The average molecular weight is 201 g/mol. The molecule has 0 aliphatic heterocycles. The maximum absolute atomic E-state index is 11.2. The highest BCUT2D eigenvalue weighted by atomic mass is 16.1. The van der Waals surface area contributed by atoms with Crippen LogP contribution in [0, 0.1) is 0 Å². The third kappa shape index (κ3) is 2.40. The Labute approximate surface area is 90.0 Å². The maximum atomic E-state index is 11.2. The normalized spacial score (nSPS) is 9.27. The summed E-state index contributed by atoms with van der Waals surface area (Å²) < 4.78 is 0. The fraction of sp³-hybridized carbons (Fsp3) is 0.231. The van der Waals surface area contributed by atoms with Crippen LogP contribution in [0.25, 0.3) is 10.9 Å². The molecule has 2 heteroatoms. The number of fused-ring (bicyclic) bond motifs is 1. The van der Waals surface area contributed by atoms with Crippen LogP contribution in [0.1, 0.15) is 31.1 Å². The molecule has 0 N–H and O–H groups in total. The van der Waals surface area contributed by atoms with E-state index in [2.05, 4.69) is 4.98 Å². The molecule has 1 aromatic heterocycles. The SMILES string of the molecule is CC.CC(=O)c1cccc2cccnc12. The molecule has 0 aliphatic carbocycles. The van der Waals surface area contributed by atoms with Crippen LogP contribution in [-0.4, -0.2) is 10.8 Å². The first-order chi connectivity index (χ1) is 7.29. The number of Topliss-reactive ketones (excluding diaryl/α,β-unsaturated/α-hetero) is 1. The molecule has 2 nitrogen and oxygen atoms in total. The van der Waals surface area contributed by atoms with Crippen LogP contribution < -0.4 is 0 Å². The molecule has 1 aromatic carbocycles. The fourth-order valence-electron chi connectivity index (χ4n) is 1.39. The molecule has 2 aromatic rings. The van der Waals surface area contributed by atoms with Gasteiger partial charge in [-0.05, 0) is 19.1 Å². The number of hydrogen-bond acceptors (Lipinski definition) is 2. The van der Waals surface area contributed by atoms with Crippen LogP contribution in [0.2, 0.25) is 0 Å². The highest BCUT2D eigenvalue weighted by Crippen LogP contribution is 2.15. The standard InChI is InChI=1S/C11H9NO.C2H6/c1-8(13)10-6-2-4-9-5-3-7-12-11(9)10;1-2/h2-7H,1H3;1-2H3. The van der Waals surface area contributed by atoms with Gasteiger partial charge in [0.25, 0.3) is 0 Å². The van der Waals surface area contributed by atoms with Gasteiger partial charge in [0, 0.05) is 17.1 Å². The minimum atomic E-state index is 0.0595. The molecule has 0 spiro atoms. The summed E-state index contributed by atoms with van der Waals surface area (Å²) >= 11 is 0. The zero-order valence-electron chi connectivity index (χ0n) is 9.32. The van der Waals surface area contributed by atoms with Crippen LogP contribution in [0.3, 0.4) is 0 Å². The molecular formula is C13H15NO. The third-order valence-electron chi connectivity index (χ3n) is 2.01. The van der Waals surface area contributed by atoms with Crippen molar-refractivity contribution >= 4 is 16.7 Å². The number of benzene rings is 1. The molecule has 0 atom stereocenters. The first-order valence-electron chi connectivity index (χ1n) is 5.14. The van der Waals surface area contributed by atoms with Gasteiger partial charge in [-0.3, -0.25) is 9.78 Å². The second-order valence-corrected chi connectivity index (χ2v) is 2.94. The van der Waals surface area contributed by atoms with E-state index >= 15 is 0 Å². The number of para-hydroxylation sites is 1. The average Bonchev–Trinajstić information content (AvgIpc) is 2.31. The number of carbonyl (C=O) groups excluding carboxylic acids is 1. The van der Waals surface area contributed by atoms with Gasteiger partial charge in [-0.15, -0.1) is 0 Å². The van der Waals surface area contributed by atoms with Crippen LogP contribution >= 0.6 is 0 Å².